The van der Waals surface area contributed by atoms with Crippen LogP contribution < -0.4 is 5.32 Å². The highest BCUT2D eigenvalue weighted by molar-refractivity contribution is 8.00. The van der Waals surface area contributed by atoms with Crippen LogP contribution in [-0.4, -0.2) is 21.1 Å². The fourth-order valence-electron chi connectivity index (χ4n) is 2.51. The molecule has 1 amide bonds. The number of benzene rings is 1. The van der Waals surface area contributed by atoms with Gasteiger partial charge in [-0.3, -0.25) is 4.79 Å². The molecule has 4 aromatic rings. The summed E-state index contributed by atoms with van der Waals surface area (Å²) in [6.07, 6.45) is 1.63. The summed E-state index contributed by atoms with van der Waals surface area (Å²) in [6, 6.07) is 13.0. The molecule has 0 fully saturated rings. The van der Waals surface area contributed by atoms with Crippen LogP contribution in [0.15, 0.2) is 57.4 Å². The number of aryl methyl sites for hydroxylation is 1. The minimum Gasteiger partial charge on any atom is -0.451 e. The van der Waals surface area contributed by atoms with Gasteiger partial charge in [-0.25, -0.2) is 4.98 Å². The van der Waals surface area contributed by atoms with E-state index in [-0.39, 0.29) is 5.91 Å². The van der Waals surface area contributed by atoms with Crippen LogP contribution in [0.4, 0.5) is 5.82 Å². The van der Waals surface area contributed by atoms with Gasteiger partial charge < -0.3 is 9.73 Å². The minimum absolute atomic E-state index is 0.297. The SMILES string of the molecule is Cc1nnc(SCc2c(C(=O)Nc3ccccn3)oc3ccccc23)s1. The molecule has 3 heterocycles. The van der Waals surface area contributed by atoms with Crippen molar-refractivity contribution in [1.29, 1.82) is 0 Å². The van der Waals surface area contributed by atoms with Crippen LogP contribution in [-0.2, 0) is 5.75 Å². The molecule has 8 heteroatoms. The van der Waals surface area contributed by atoms with Crippen molar-refractivity contribution in [3.8, 4) is 0 Å². The lowest BCUT2D eigenvalue weighted by molar-refractivity contribution is 0.0997. The quantitative estimate of drug-likeness (QED) is 0.511. The van der Waals surface area contributed by atoms with Crippen molar-refractivity contribution in [2.24, 2.45) is 0 Å². The Morgan fingerprint density at radius 2 is 2.04 bits per heavy atom. The summed E-state index contributed by atoms with van der Waals surface area (Å²) in [7, 11) is 0. The van der Waals surface area contributed by atoms with Crippen LogP contribution in [0.5, 0.6) is 0 Å². The number of thioether (sulfide) groups is 1. The molecule has 0 atom stereocenters. The van der Waals surface area contributed by atoms with Crippen LogP contribution in [0.3, 0.4) is 0 Å². The lowest BCUT2D eigenvalue weighted by atomic mass is 10.1. The van der Waals surface area contributed by atoms with E-state index in [9.17, 15) is 4.79 Å². The number of amides is 1. The first-order valence-electron chi connectivity index (χ1n) is 7.86. The molecule has 26 heavy (non-hydrogen) atoms. The monoisotopic (exact) mass is 382 g/mol. The number of pyridine rings is 1. The third-order valence-electron chi connectivity index (χ3n) is 3.66. The predicted octanol–water partition coefficient (Wildman–Crippen LogP) is 4.53. The van der Waals surface area contributed by atoms with Gasteiger partial charge in [0.1, 0.15) is 16.4 Å². The summed E-state index contributed by atoms with van der Waals surface area (Å²) in [5, 5.41) is 12.8. The third kappa shape index (κ3) is 3.47. The van der Waals surface area contributed by atoms with Crippen molar-refractivity contribution >= 4 is 45.8 Å². The van der Waals surface area contributed by atoms with E-state index in [1.807, 2.05) is 37.3 Å². The van der Waals surface area contributed by atoms with E-state index >= 15 is 0 Å². The second-order valence-corrected chi connectivity index (χ2v) is 7.85. The van der Waals surface area contributed by atoms with E-state index in [0.29, 0.717) is 22.9 Å². The first-order chi connectivity index (χ1) is 12.7. The fraction of sp³-hybridized carbons (Fsp3) is 0.111. The van der Waals surface area contributed by atoms with Gasteiger partial charge in [0.15, 0.2) is 10.1 Å². The summed E-state index contributed by atoms with van der Waals surface area (Å²) in [5.74, 6) is 1.03. The van der Waals surface area contributed by atoms with Crippen molar-refractivity contribution in [1.82, 2.24) is 15.2 Å². The highest BCUT2D eigenvalue weighted by Gasteiger charge is 2.21. The molecule has 1 aromatic carbocycles. The van der Waals surface area contributed by atoms with Crippen LogP contribution in [0.2, 0.25) is 0 Å². The predicted molar refractivity (Wildman–Crippen MR) is 103 cm³/mol. The van der Waals surface area contributed by atoms with Gasteiger partial charge in [0.05, 0.1) is 0 Å². The van der Waals surface area contributed by atoms with E-state index in [1.165, 1.54) is 11.3 Å². The molecule has 0 spiro atoms. The molecule has 6 nitrogen and oxygen atoms in total. The van der Waals surface area contributed by atoms with E-state index < -0.39 is 0 Å². The molecule has 1 N–H and O–H groups in total. The summed E-state index contributed by atoms with van der Waals surface area (Å²) in [5.41, 5.74) is 1.52. The Bertz CT molecular complexity index is 1060. The fourth-order valence-corrected chi connectivity index (χ4v) is 4.35. The number of rotatable bonds is 5. The molecule has 0 bridgehead atoms. The Hall–Kier alpha value is -2.71. The lowest BCUT2D eigenvalue weighted by Gasteiger charge is -2.04. The number of furan rings is 1. The van der Waals surface area contributed by atoms with E-state index in [4.69, 9.17) is 4.42 Å². The number of fused-ring (bicyclic) bond motifs is 1. The average Bonchev–Trinajstić information content (AvgIpc) is 3.24. The first-order valence-corrected chi connectivity index (χ1v) is 9.66. The van der Waals surface area contributed by atoms with E-state index in [2.05, 4.69) is 20.5 Å². The zero-order chi connectivity index (χ0) is 17.9. The first kappa shape index (κ1) is 16.7. The van der Waals surface area contributed by atoms with E-state index in [0.717, 1.165) is 20.3 Å². The third-order valence-corrected chi connectivity index (χ3v) is 5.66. The molecule has 0 unspecified atom stereocenters. The summed E-state index contributed by atoms with van der Waals surface area (Å²) in [6.45, 7) is 1.92. The van der Waals surface area contributed by atoms with Gasteiger partial charge in [-0.05, 0) is 25.1 Å². The van der Waals surface area contributed by atoms with Crippen LogP contribution in [0.25, 0.3) is 11.0 Å². The second-order valence-electron chi connectivity index (χ2n) is 5.45. The number of nitrogens with zero attached hydrogens (tertiary/aromatic N) is 3. The zero-order valence-electron chi connectivity index (χ0n) is 13.8. The van der Waals surface area contributed by atoms with Gasteiger partial charge in [0.25, 0.3) is 5.91 Å². The van der Waals surface area contributed by atoms with Gasteiger partial charge in [-0.15, -0.1) is 10.2 Å². The average molecular weight is 382 g/mol. The van der Waals surface area contributed by atoms with Gasteiger partial charge in [-0.1, -0.05) is 47.4 Å². The summed E-state index contributed by atoms with van der Waals surface area (Å²) < 4.78 is 6.71. The maximum atomic E-state index is 12.7. The Morgan fingerprint density at radius 1 is 1.19 bits per heavy atom. The molecule has 0 radical (unpaired) electrons. The standard InChI is InChI=1S/C18H14N4O2S2/c1-11-21-22-18(26-11)25-10-13-12-6-2-3-7-14(12)24-16(13)17(23)20-15-8-4-5-9-19-15/h2-9H,10H2,1H3,(H,19,20,23). The highest BCUT2D eigenvalue weighted by atomic mass is 32.2. The van der Waals surface area contributed by atoms with Crippen molar-refractivity contribution in [3.05, 3.63) is 65.0 Å². The number of hydrogen-bond donors (Lipinski definition) is 1. The topological polar surface area (TPSA) is 80.9 Å². The number of anilines is 1. The van der Waals surface area contributed by atoms with Gasteiger partial charge in [-0.2, -0.15) is 0 Å². The smallest absolute Gasteiger partial charge is 0.292 e. The lowest BCUT2D eigenvalue weighted by Crippen LogP contribution is -2.13. The van der Waals surface area contributed by atoms with Gasteiger partial charge in [0, 0.05) is 22.9 Å². The largest absolute Gasteiger partial charge is 0.451 e. The second kappa shape index (κ2) is 7.27. The Kier molecular flexibility index (Phi) is 4.68. The zero-order valence-corrected chi connectivity index (χ0v) is 15.4. The molecule has 3 aromatic heterocycles. The molecule has 0 saturated carbocycles. The number of aromatic nitrogens is 3. The maximum Gasteiger partial charge on any atom is 0.292 e. The van der Waals surface area contributed by atoms with E-state index in [1.54, 1.807) is 30.1 Å². The Morgan fingerprint density at radius 3 is 2.81 bits per heavy atom. The van der Waals surface area contributed by atoms with Crippen molar-refractivity contribution in [2.45, 2.75) is 17.0 Å². The highest BCUT2D eigenvalue weighted by Crippen LogP contribution is 2.33. The Labute approximate surface area is 157 Å². The number of carbonyl (C=O) groups excluding carboxylic acids is 1. The molecule has 0 aliphatic heterocycles. The maximum absolute atomic E-state index is 12.7. The number of para-hydroxylation sites is 1. The van der Waals surface area contributed by atoms with Crippen molar-refractivity contribution < 1.29 is 9.21 Å². The number of hydrogen-bond acceptors (Lipinski definition) is 7. The summed E-state index contributed by atoms with van der Waals surface area (Å²) in [4.78, 5) is 16.9. The van der Waals surface area contributed by atoms with Crippen LogP contribution >= 0.6 is 23.1 Å². The number of nitrogens with one attached hydrogen (secondary N) is 1. The normalized spacial score (nSPS) is 11.0. The van der Waals surface area contributed by atoms with Gasteiger partial charge in [0.2, 0.25) is 0 Å². The van der Waals surface area contributed by atoms with Crippen LogP contribution in [0.1, 0.15) is 21.1 Å². The van der Waals surface area contributed by atoms with Crippen molar-refractivity contribution in [3.63, 3.8) is 0 Å². The minimum atomic E-state index is -0.316. The molecular weight excluding hydrogens is 368 g/mol. The Balaban J connectivity index is 1.65. The molecule has 0 aliphatic carbocycles. The summed E-state index contributed by atoms with van der Waals surface area (Å²) >= 11 is 3.07. The molecule has 4 rings (SSSR count). The molecule has 130 valence electrons. The van der Waals surface area contributed by atoms with Crippen LogP contribution in [0, 0.1) is 6.92 Å². The van der Waals surface area contributed by atoms with Crippen molar-refractivity contribution in [2.75, 3.05) is 5.32 Å². The molecule has 0 saturated heterocycles. The van der Waals surface area contributed by atoms with Gasteiger partial charge >= 0.3 is 0 Å². The molecular formula is C18H14N4O2S2. The number of carbonyl (C=O) groups is 1. The molecule has 0 aliphatic rings.